The fourth-order valence-corrected chi connectivity index (χ4v) is 6.27. The van der Waals surface area contributed by atoms with E-state index in [1.165, 1.54) is 47.1 Å². The van der Waals surface area contributed by atoms with E-state index in [0.29, 0.717) is 29.8 Å². The number of benzene rings is 2. The first kappa shape index (κ1) is 23.5. The van der Waals surface area contributed by atoms with Gasteiger partial charge in [0.05, 0.1) is 5.60 Å². The summed E-state index contributed by atoms with van der Waals surface area (Å²) in [6, 6.07) is 16.6. The molecule has 0 aromatic heterocycles. The van der Waals surface area contributed by atoms with Gasteiger partial charge in [0.2, 0.25) is 0 Å². The third-order valence-electron chi connectivity index (χ3n) is 7.97. The number of aliphatic hydroxyl groups is 1. The molecule has 2 saturated heterocycles. The Morgan fingerprint density at radius 2 is 1.38 bits per heavy atom. The highest BCUT2D eigenvalue weighted by Crippen LogP contribution is 2.49. The second kappa shape index (κ2) is 9.31. The Kier molecular flexibility index (Phi) is 6.84. The van der Waals surface area contributed by atoms with Crippen LogP contribution in [0, 0.1) is 0 Å². The van der Waals surface area contributed by atoms with Crippen LogP contribution in [0.3, 0.4) is 0 Å². The molecule has 2 atom stereocenters. The van der Waals surface area contributed by atoms with Crippen molar-refractivity contribution in [3.63, 3.8) is 0 Å². The lowest BCUT2D eigenvalue weighted by Gasteiger charge is -2.53. The second-order valence-corrected chi connectivity index (χ2v) is 11.4. The van der Waals surface area contributed by atoms with Crippen LogP contribution in [-0.2, 0) is 12.1 Å². The van der Waals surface area contributed by atoms with Gasteiger partial charge in [0.25, 0.3) is 0 Å². The zero-order valence-corrected chi connectivity index (χ0v) is 21.1. The van der Waals surface area contributed by atoms with Crippen molar-refractivity contribution in [2.24, 2.45) is 0 Å². The van der Waals surface area contributed by atoms with Crippen molar-refractivity contribution in [1.82, 2.24) is 4.90 Å². The van der Waals surface area contributed by atoms with Crippen LogP contribution in [0.1, 0.15) is 119 Å². The normalized spacial score (nSPS) is 26.3. The van der Waals surface area contributed by atoms with Crippen molar-refractivity contribution in [3.8, 4) is 0 Å². The minimum Gasteiger partial charge on any atom is -0.385 e. The number of fused-ring (bicyclic) bond motifs is 2. The first-order valence-electron chi connectivity index (χ1n) is 12.9. The number of rotatable bonds is 6. The van der Waals surface area contributed by atoms with Crippen LogP contribution >= 0.6 is 0 Å². The van der Waals surface area contributed by atoms with Crippen molar-refractivity contribution < 1.29 is 5.11 Å². The van der Waals surface area contributed by atoms with Crippen LogP contribution in [0.5, 0.6) is 0 Å². The highest BCUT2D eigenvalue weighted by atomic mass is 16.3. The average Bonchev–Trinajstić information content (AvgIpc) is 2.74. The van der Waals surface area contributed by atoms with Gasteiger partial charge in [-0.2, -0.15) is 0 Å². The minimum atomic E-state index is -0.725. The van der Waals surface area contributed by atoms with Crippen LogP contribution in [0.4, 0.5) is 0 Å². The van der Waals surface area contributed by atoms with E-state index >= 15 is 0 Å². The minimum absolute atomic E-state index is 0.410. The monoisotopic (exact) mass is 433 g/mol. The fourth-order valence-electron chi connectivity index (χ4n) is 6.27. The van der Waals surface area contributed by atoms with Crippen LogP contribution < -0.4 is 0 Å². The lowest BCUT2D eigenvalue weighted by Crippen LogP contribution is -2.56. The molecule has 2 bridgehead atoms. The molecule has 0 saturated carbocycles. The third kappa shape index (κ3) is 4.54. The Hall–Kier alpha value is -1.64. The zero-order valence-electron chi connectivity index (χ0n) is 21.1. The summed E-state index contributed by atoms with van der Waals surface area (Å²) in [5.74, 6) is 1.32. The molecule has 0 spiro atoms. The molecule has 0 radical (unpaired) electrons. The van der Waals surface area contributed by atoms with Gasteiger partial charge in [0, 0.05) is 18.6 Å². The van der Waals surface area contributed by atoms with Crippen molar-refractivity contribution in [1.29, 1.82) is 0 Å². The maximum Gasteiger partial charge on any atom is 0.0931 e. The SMILES string of the molecule is CC(C)c1cc(C(C)C)c(C2(O)CC3CCCC(C2)N3Cc2ccccc2)c(C(C)C)c1. The predicted octanol–water partition coefficient (Wildman–Crippen LogP) is 7.46. The third-order valence-corrected chi connectivity index (χ3v) is 7.97. The number of piperidine rings is 2. The molecule has 2 heteroatoms. The molecular weight excluding hydrogens is 390 g/mol. The largest absolute Gasteiger partial charge is 0.385 e. The number of hydrogen-bond donors (Lipinski definition) is 1. The predicted molar refractivity (Wildman–Crippen MR) is 135 cm³/mol. The van der Waals surface area contributed by atoms with E-state index in [1.807, 2.05) is 0 Å². The molecule has 32 heavy (non-hydrogen) atoms. The highest BCUT2D eigenvalue weighted by molar-refractivity contribution is 5.47. The van der Waals surface area contributed by atoms with Crippen LogP contribution in [0.2, 0.25) is 0 Å². The van der Waals surface area contributed by atoms with Gasteiger partial charge in [-0.05, 0) is 71.3 Å². The lowest BCUT2D eigenvalue weighted by molar-refractivity contribution is -0.101. The summed E-state index contributed by atoms with van der Waals surface area (Å²) < 4.78 is 0. The Morgan fingerprint density at radius 3 is 1.84 bits per heavy atom. The summed E-state index contributed by atoms with van der Waals surface area (Å²) in [4.78, 5) is 2.71. The van der Waals surface area contributed by atoms with Crippen molar-refractivity contribution in [2.45, 2.75) is 116 Å². The van der Waals surface area contributed by atoms with Gasteiger partial charge in [0.1, 0.15) is 0 Å². The molecule has 0 amide bonds. The summed E-state index contributed by atoms with van der Waals surface area (Å²) in [7, 11) is 0. The second-order valence-electron chi connectivity index (χ2n) is 11.4. The molecule has 1 N–H and O–H groups in total. The molecule has 2 nitrogen and oxygen atoms in total. The molecule has 2 unspecified atom stereocenters. The summed E-state index contributed by atoms with van der Waals surface area (Å²) in [5, 5.41) is 12.4. The van der Waals surface area contributed by atoms with E-state index in [2.05, 4.69) is 88.9 Å². The zero-order chi connectivity index (χ0) is 23.0. The summed E-state index contributed by atoms with van der Waals surface area (Å²) in [6.07, 6.45) is 5.40. The Labute approximate surface area is 196 Å². The lowest BCUT2D eigenvalue weighted by atomic mass is 9.68. The Bertz CT molecular complexity index is 871. The molecule has 174 valence electrons. The smallest absolute Gasteiger partial charge is 0.0931 e. The molecular formula is C30H43NO. The van der Waals surface area contributed by atoms with Gasteiger partial charge in [-0.25, -0.2) is 0 Å². The van der Waals surface area contributed by atoms with Crippen molar-refractivity contribution >= 4 is 0 Å². The number of hydrogen-bond acceptors (Lipinski definition) is 2. The van der Waals surface area contributed by atoms with Crippen LogP contribution in [0.25, 0.3) is 0 Å². The standard InChI is InChI=1S/C30H43NO/c1-20(2)24-15-27(21(3)4)29(28(16-24)22(5)6)30(32)17-25-13-10-14-26(18-30)31(25)19-23-11-8-7-9-12-23/h7-9,11-12,15-16,20-22,25-26,32H,10,13-14,17-19H2,1-6H3. The van der Waals surface area contributed by atoms with Gasteiger partial charge < -0.3 is 5.11 Å². The van der Waals surface area contributed by atoms with Crippen molar-refractivity contribution in [3.05, 3.63) is 70.3 Å². The Balaban J connectivity index is 1.74. The van der Waals surface area contributed by atoms with E-state index in [4.69, 9.17) is 0 Å². The van der Waals surface area contributed by atoms with E-state index < -0.39 is 5.60 Å². The van der Waals surface area contributed by atoms with E-state index in [0.717, 1.165) is 19.4 Å². The first-order valence-corrected chi connectivity index (χ1v) is 12.9. The van der Waals surface area contributed by atoms with Crippen LogP contribution in [-0.4, -0.2) is 22.1 Å². The molecule has 0 aliphatic carbocycles. The maximum absolute atomic E-state index is 12.4. The van der Waals surface area contributed by atoms with E-state index in [-0.39, 0.29) is 0 Å². The molecule has 4 rings (SSSR count). The summed E-state index contributed by atoms with van der Waals surface area (Å²) >= 11 is 0. The van der Waals surface area contributed by atoms with E-state index in [9.17, 15) is 5.11 Å². The van der Waals surface area contributed by atoms with Gasteiger partial charge >= 0.3 is 0 Å². The first-order chi connectivity index (χ1) is 15.2. The van der Waals surface area contributed by atoms with E-state index in [1.54, 1.807) is 0 Å². The topological polar surface area (TPSA) is 23.5 Å². The summed E-state index contributed by atoms with van der Waals surface area (Å²) in [5.41, 5.74) is 6.09. The highest BCUT2D eigenvalue weighted by Gasteiger charge is 2.48. The maximum atomic E-state index is 12.4. The quantitative estimate of drug-likeness (QED) is 0.511. The fraction of sp³-hybridized carbons (Fsp3) is 0.600. The van der Waals surface area contributed by atoms with Crippen molar-refractivity contribution in [2.75, 3.05) is 0 Å². The molecule has 2 aromatic carbocycles. The summed E-state index contributed by atoms with van der Waals surface area (Å²) in [6.45, 7) is 14.7. The molecule has 2 fully saturated rings. The van der Waals surface area contributed by atoms with Gasteiger partial charge in [0.15, 0.2) is 0 Å². The average molecular weight is 434 g/mol. The van der Waals surface area contributed by atoms with Gasteiger partial charge in [-0.3, -0.25) is 4.90 Å². The van der Waals surface area contributed by atoms with Gasteiger partial charge in [-0.1, -0.05) is 90.4 Å². The molecule has 2 aliphatic rings. The Morgan fingerprint density at radius 1 is 0.844 bits per heavy atom. The molecule has 2 heterocycles. The number of nitrogens with zero attached hydrogens (tertiary/aromatic N) is 1. The van der Waals surface area contributed by atoms with Crippen LogP contribution in [0.15, 0.2) is 42.5 Å². The molecule has 2 aliphatic heterocycles. The molecule has 2 aromatic rings. The van der Waals surface area contributed by atoms with Gasteiger partial charge in [-0.15, -0.1) is 0 Å².